The second-order valence-corrected chi connectivity index (χ2v) is 7.60. The zero-order chi connectivity index (χ0) is 20.1. The topological polar surface area (TPSA) is 58.2 Å². The molecule has 4 nitrogen and oxygen atoms in total. The van der Waals surface area contributed by atoms with Crippen molar-refractivity contribution in [2.45, 2.75) is 53.6 Å². The smallest absolute Gasteiger partial charge is 0.252 e. The van der Waals surface area contributed by atoms with Crippen LogP contribution in [0, 0.1) is 26.7 Å². The van der Waals surface area contributed by atoms with E-state index in [0.717, 1.165) is 22.3 Å². The molecule has 0 radical (unpaired) electrons. The highest BCUT2D eigenvalue weighted by Gasteiger charge is 2.26. The van der Waals surface area contributed by atoms with Gasteiger partial charge >= 0.3 is 0 Å². The van der Waals surface area contributed by atoms with Crippen molar-refractivity contribution in [3.05, 3.63) is 70.3 Å². The van der Waals surface area contributed by atoms with Crippen LogP contribution in [0.5, 0.6) is 0 Å². The third kappa shape index (κ3) is 5.19. The van der Waals surface area contributed by atoms with E-state index in [9.17, 15) is 9.59 Å². The van der Waals surface area contributed by atoms with E-state index in [0.29, 0.717) is 5.56 Å². The molecule has 2 amide bonds. The summed E-state index contributed by atoms with van der Waals surface area (Å²) in [6, 6.07) is 12.9. The van der Waals surface area contributed by atoms with Gasteiger partial charge in [-0.1, -0.05) is 55.8 Å². The van der Waals surface area contributed by atoms with E-state index < -0.39 is 6.04 Å². The van der Waals surface area contributed by atoms with Crippen LogP contribution in [-0.2, 0) is 4.79 Å². The first kappa shape index (κ1) is 20.7. The van der Waals surface area contributed by atoms with Crippen molar-refractivity contribution in [3.63, 3.8) is 0 Å². The Morgan fingerprint density at radius 3 is 2.15 bits per heavy atom. The number of rotatable bonds is 6. The number of hydrogen-bond acceptors (Lipinski definition) is 2. The number of nitrogens with one attached hydrogen (secondary N) is 2. The molecule has 0 aromatic heterocycles. The largest absolute Gasteiger partial charge is 0.348 e. The van der Waals surface area contributed by atoms with Crippen molar-refractivity contribution in [3.8, 4) is 0 Å². The molecule has 0 spiro atoms. The maximum absolute atomic E-state index is 12.9. The Bertz CT molecular complexity index is 827. The van der Waals surface area contributed by atoms with Crippen LogP contribution in [0.1, 0.15) is 59.4 Å². The maximum atomic E-state index is 12.9. The molecule has 0 unspecified atom stereocenters. The Kier molecular flexibility index (Phi) is 6.78. The van der Waals surface area contributed by atoms with Crippen molar-refractivity contribution in [1.29, 1.82) is 0 Å². The molecular weight excluding hydrogens is 336 g/mol. The molecule has 4 heteroatoms. The van der Waals surface area contributed by atoms with Crippen LogP contribution >= 0.6 is 0 Å². The third-order valence-electron chi connectivity index (χ3n) is 4.89. The lowest BCUT2D eigenvalue weighted by Crippen LogP contribution is -2.50. The number of benzene rings is 2. The molecule has 0 fully saturated rings. The van der Waals surface area contributed by atoms with Crippen molar-refractivity contribution in [2.75, 3.05) is 0 Å². The molecule has 0 heterocycles. The summed E-state index contributed by atoms with van der Waals surface area (Å²) in [5, 5.41) is 5.97. The molecule has 0 bridgehead atoms. The van der Waals surface area contributed by atoms with E-state index in [1.54, 1.807) is 6.07 Å². The van der Waals surface area contributed by atoms with Crippen molar-refractivity contribution in [2.24, 2.45) is 5.92 Å². The number of carbonyl (C=O) groups excluding carboxylic acids is 2. The second-order valence-electron chi connectivity index (χ2n) is 7.60. The lowest BCUT2D eigenvalue weighted by atomic mass is 9.98. The highest BCUT2D eigenvalue weighted by Crippen LogP contribution is 2.19. The molecule has 0 aliphatic rings. The van der Waals surface area contributed by atoms with Gasteiger partial charge in [0.2, 0.25) is 5.91 Å². The fourth-order valence-corrected chi connectivity index (χ4v) is 3.19. The number of amides is 2. The van der Waals surface area contributed by atoms with Gasteiger partial charge in [0.05, 0.1) is 6.04 Å². The normalized spacial score (nSPS) is 13.1. The van der Waals surface area contributed by atoms with Gasteiger partial charge in [-0.25, -0.2) is 0 Å². The van der Waals surface area contributed by atoms with Crippen LogP contribution in [-0.4, -0.2) is 17.9 Å². The first-order valence-electron chi connectivity index (χ1n) is 9.44. The van der Waals surface area contributed by atoms with Crippen LogP contribution in [0.2, 0.25) is 0 Å². The first-order valence-corrected chi connectivity index (χ1v) is 9.44. The van der Waals surface area contributed by atoms with Crippen LogP contribution in [0.4, 0.5) is 0 Å². The van der Waals surface area contributed by atoms with Crippen LogP contribution in [0.15, 0.2) is 42.5 Å². The van der Waals surface area contributed by atoms with Crippen molar-refractivity contribution >= 4 is 11.8 Å². The molecule has 144 valence electrons. The molecule has 2 N–H and O–H groups in total. The number of carbonyl (C=O) groups is 2. The number of aryl methyl sites for hydroxylation is 3. The first-order chi connectivity index (χ1) is 12.7. The Morgan fingerprint density at radius 1 is 0.852 bits per heavy atom. The monoisotopic (exact) mass is 366 g/mol. The SMILES string of the molecule is Cc1ccc(C)c([C@@H](C)NC(=O)[C@H](NC(=O)c2ccccc2C)C(C)C)c1. The summed E-state index contributed by atoms with van der Waals surface area (Å²) in [4.78, 5) is 25.5. The Morgan fingerprint density at radius 2 is 1.52 bits per heavy atom. The zero-order valence-corrected chi connectivity index (χ0v) is 17.1. The molecule has 27 heavy (non-hydrogen) atoms. The Balaban J connectivity index is 2.14. The van der Waals surface area contributed by atoms with E-state index >= 15 is 0 Å². The lowest BCUT2D eigenvalue weighted by molar-refractivity contribution is -0.124. The summed E-state index contributed by atoms with van der Waals surface area (Å²) in [6.45, 7) is 11.8. The van der Waals surface area contributed by atoms with Gasteiger partial charge in [0.1, 0.15) is 6.04 Å². The average Bonchev–Trinajstić information content (AvgIpc) is 2.61. The predicted octanol–water partition coefficient (Wildman–Crippen LogP) is 4.24. The summed E-state index contributed by atoms with van der Waals surface area (Å²) in [6.07, 6.45) is 0. The fraction of sp³-hybridized carbons (Fsp3) is 0.391. The maximum Gasteiger partial charge on any atom is 0.252 e. The average molecular weight is 367 g/mol. The summed E-state index contributed by atoms with van der Waals surface area (Å²) in [5.41, 5.74) is 4.87. The van der Waals surface area contributed by atoms with Crippen LogP contribution in [0.25, 0.3) is 0 Å². The lowest BCUT2D eigenvalue weighted by Gasteiger charge is -2.25. The van der Waals surface area contributed by atoms with Gasteiger partial charge < -0.3 is 10.6 Å². The van der Waals surface area contributed by atoms with Gasteiger partial charge in [0.25, 0.3) is 5.91 Å². The van der Waals surface area contributed by atoms with E-state index in [1.165, 1.54) is 0 Å². The third-order valence-corrected chi connectivity index (χ3v) is 4.89. The fourth-order valence-electron chi connectivity index (χ4n) is 3.19. The van der Waals surface area contributed by atoms with E-state index in [1.807, 2.05) is 59.7 Å². The van der Waals surface area contributed by atoms with Gasteiger partial charge in [-0.15, -0.1) is 0 Å². The molecular formula is C23H30N2O2. The van der Waals surface area contributed by atoms with E-state index in [2.05, 4.69) is 28.8 Å². The summed E-state index contributed by atoms with van der Waals surface area (Å²) >= 11 is 0. The van der Waals surface area contributed by atoms with Crippen molar-refractivity contribution < 1.29 is 9.59 Å². The minimum absolute atomic E-state index is 0.0243. The summed E-state index contributed by atoms with van der Waals surface area (Å²) < 4.78 is 0. The van der Waals surface area contributed by atoms with Crippen molar-refractivity contribution in [1.82, 2.24) is 10.6 Å². The van der Waals surface area contributed by atoms with Gasteiger partial charge in [-0.05, 0) is 56.4 Å². The van der Waals surface area contributed by atoms with Gasteiger partial charge in [-0.3, -0.25) is 9.59 Å². The molecule has 0 aliphatic carbocycles. The van der Waals surface area contributed by atoms with Crippen LogP contribution in [0.3, 0.4) is 0 Å². The molecule has 2 aromatic carbocycles. The molecule has 0 saturated carbocycles. The number of hydrogen-bond donors (Lipinski definition) is 2. The van der Waals surface area contributed by atoms with Gasteiger partial charge in [0, 0.05) is 5.56 Å². The molecule has 0 saturated heterocycles. The molecule has 2 atom stereocenters. The minimum Gasteiger partial charge on any atom is -0.348 e. The second kappa shape index (κ2) is 8.85. The highest BCUT2D eigenvalue weighted by atomic mass is 16.2. The Hall–Kier alpha value is -2.62. The molecule has 2 rings (SSSR count). The quantitative estimate of drug-likeness (QED) is 0.803. The molecule has 0 aliphatic heterocycles. The van der Waals surface area contributed by atoms with Crippen LogP contribution < -0.4 is 10.6 Å². The highest BCUT2D eigenvalue weighted by molar-refractivity contribution is 5.98. The molecule has 2 aromatic rings. The predicted molar refractivity (Wildman–Crippen MR) is 110 cm³/mol. The zero-order valence-electron chi connectivity index (χ0n) is 17.1. The minimum atomic E-state index is -0.593. The van der Waals surface area contributed by atoms with Gasteiger partial charge in [0.15, 0.2) is 0 Å². The summed E-state index contributed by atoms with van der Waals surface area (Å²) in [5.74, 6) is -0.412. The van der Waals surface area contributed by atoms with E-state index in [4.69, 9.17) is 0 Å². The van der Waals surface area contributed by atoms with Gasteiger partial charge in [-0.2, -0.15) is 0 Å². The standard InChI is InChI=1S/C23H30N2O2/c1-14(2)21(25-22(26)19-10-8-7-9-16(19)4)23(27)24-18(6)20-13-15(3)11-12-17(20)5/h7-14,18,21H,1-6H3,(H,24,27)(H,25,26)/t18-,21-/m1/s1. The summed E-state index contributed by atoms with van der Waals surface area (Å²) in [7, 11) is 0. The van der Waals surface area contributed by atoms with E-state index in [-0.39, 0.29) is 23.8 Å². The Labute approximate surface area is 162 Å².